The molecule has 3 heteroatoms. The van der Waals surface area contributed by atoms with Crippen LogP contribution in [0.3, 0.4) is 0 Å². The zero-order valence-electron chi connectivity index (χ0n) is 5.10. The number of hydrogen-bond acceptors (Lipinski definition) is 3. The summed E-state index contributed by atoms with van der Waals surface area (Å²) in [6, 6.07) is 0. The Kier molecular flexibility index (Phi) is 1.28. The summed E-state index contributed by atoms with van der Waals surface area (Å²) in [6.07, 6.45) is 0.907. The lowest BCUT2D eigenvalue weighted by Gasteiger charge is -1.68. The summed E-state index contributed by atoms with van der Waals surface area (Å²) in [5.74, 6) is 1.78. The average molecular weight is 111 g/mol. The second kappa shape index (κ2) is 1.94. The number of nitrogens with zero attached hydrogens (tertiary/aromatic N) is 2. The number of hydrogen-bond donors (Lipinski definition) is 1. The van der Waals surface area contributed by atoms with Crippen LogP contribution in [-0.2, 0) is 0 Å². The van der Waals surface area contributed by atoms with Gasteiger partial charge in [0.05, 0.1) is 0 Å². The summed E-state index contributed by atoms with van der Waals surface area (Å²) in [4.78, 5) is 4.06. The standard InChI is InChI=1S/C5H9N3/c1-3-5-6-4(2)7-8-5/h3H2,1-2H3,(H,7,8)/q+1. The monoisotopic (exact) mass is 111 g/mol. The third-order valence-corrected chi connectivity index (χ3v) is 0.960. The first kappa shape index (κ1) is 5.28. The molecular formula is C5H9N3+. The van der Waals surface area contributed by atoms with E-state index in [4.69, 9.17) is 0 Å². The molecule has 0 aromatic rings. The Hall–Kier alpha value is -0.860. The van der Waals surface area contributed by atoms with E-state index in [0.29, 0.717) is 0 Å². The van der Waals surface area contributed by atoms with Gasteiger partial charge in [0.25, 0.3) is 5.84 Å². The Balaban J connectivity index is 2.58. The van der Waals surface area contributed by atoms with E-state index in [-0.39, 0.29) is 0 Å². The third kappa shape index (κ3) is 0.857. The molecule has 1 radical (unpaired) electrons. The minimum atomic E-state index is 0.891. The highest BCUT2D eigenvalue weighted by atomic mass is 15.4. The van der Waals surface area contributed by atoms with E-state index in [0.717, 1.165) is 18.1 Å². The SMILES string of the molecule is CCC1=NNC(C)=[N+]1. The number of aliphatic imine (C=N–C) groups is 1. The number of rotatable bonds is 1. The van der Waals surface area contributed by atoms with Crippen LogP contribution >= 0.6 is 0 Å². The maximum atomic E-state index is 4.06. The smallest absolute Gasteiger partial charge is 0.122 e. The van der Waals surface area contributed by atoms with Gasteiger partial charge in [-0.2, -0.15) is 0 Å². The minimum Gasteiger partial charge on any atom is -0.122 e. The van der Waals surface area contributed by atoms with Crippen molar-refractivity contribution in [3.05, 3.63) is 0 Å². The zero-order chi connectivity index (χ0) is 5.98. The zero-order valence-corrected chi connectivity index (χ0v) is 5.10. The summed E-state index contributed by atoms with van der Waals surface area (Å²) in [5, 5.41) is 3.90. The largest absolute Gasteiger partial charge is 0.311 e. The first-order chi connectivity index (χ1) is 3.83. The summed E-state index contributed by atoms with van der Waals surface area (Å²) < 4.78 is 0. The van der Waals surface area contributed by atoms with Crippen LogP contribution in [-0.4, -0.2) is 11.7 Å². The molecule has 8 heavy (non-hydrogen) atoms. The number of amidine groups is 2. The molecule has 3 nitrogen and oxygen atoms in total. The van der Waals surface area contributed by atoms with Gasteiger partial charge in [0.2, 0.25) is 0 Å². The van der Waals surface area contributed by atoms with E-state index < -0.39 is 0 Å². The Morgan fingerprint density at radius 2 is 2.50 bits per heavy atom. The summed E-state index contributed by atoms with van der Waals surface area (Å²) in [6.45, 7) is 3.93. The van der Waals surface area contributed by atoms with Crippen LogP contribution in [0.2, 0.25) is 0 Å². The molecule has 0 aromatic heterocycles. The lowest BCUT2D eigenvalue weighted by atomic mass is 10.5. The number of nitrogens with one attached hydrogen (secondary N) is 1. The molecule has 0 spiro atoms. The fourth-order valence-corrected chi connectivity index (χ4v) is 0.547. The number of hydrazone groups is 1. The average Bonchev–Trinajstić information content (AvgIpc) is 2.14. The molecule has 0 unspecified atom stereocenters. The van der Waals surface area contributed by atoms with Crippen molar-refractivity contribution < 1.29 is 0 Å². The fraction of sp³-hybridized carbons (Fsp3) is 0.600. The predicted molar refractivity (Wildman–Crippen MR) is 33.7 cm³/mol. The molecule has 0 aliphatic carbocycles. The van der Waals surface area contributed by atoms with E-state index >= 15 is 0 Å². The predicted octanol–water partition coefficient (Wildman–Crippen LogP) is 0.0673. The molecule has 1 heterocycles. The molecule has 1 rings (SSSR count). The Labute approximate surface area is 48.5 Å². The van der Waals surface area contributed by atoms with Crippen molar-refractivity contribution >= 4 is 11.7 Å². The van der Waals surface area contributed by atoms with Gasteiger partial charge in [-0.15, -0.1) is 5.43 Å². The van der Waals surface area contributed by atoms with Gasteiger partial charge in [0.1, 0.15) is 0 Å². The van der Waals surface area contributed by atoms with Gasteiger partial charge in [-0.3, -0.25) is 0 Å². The highest BCUT2D eigenvalue weighted by Crippen LogP contribution is 1.83. The van der Waals surface area contributed by atoms with Gasteiger partial charge in [-0.25, -0.2) is 0 Å². The molecule has 43 valence electrons. The van der Waals surface area contributed by atoms with Crippen molar-refractivity contribution in [2.24, 2.45) is 5.10 Å². The van der Waals surface area contributed by atoms with E-state index in [1.54, 1.807) is 0 Å². The van der Waals surface area contributed by atoms with E-state index in [1.807, 2.05) is 13.8 Å². The molecule has 0 atom stereocenters. The van der Waals surface area contributed by atoms with Gasteiger partial charge >= 0.3 is 5.84 Å². The van der Waals surface area contributed by atoms with Crippen LogP contribution in [0.4, 0.5) is 0 Å². The van der Waals surface area contributed by atoms with Crippen LogP contribution < -0.4 is 10.4 Å². The van der Waals surface area contributed by atoms with Gasteiger partial charge in [-0.1, -0.05) is 11.9 Å². The van der Waals surface area contributed by atoms with Crippen molar-refractivity contribution in [1.82, 2.24) is 10.4 Å². The quantitative estimate of drug-likeness (QED) is 0.511. The molecule has 0 amide bonds. The summed E-state index contributed by atoms with van der Waals surface area (Å²) >= 11 is 0. The lowest BCUT2D eigenvalue weighted by molar-refractivity contribution is 1.04. The molecule has 1 N–H and O–H groups in total. The normalized spacial score (nSPS) is 17.2. The van der Waals surface area contributed by atoms with Crippen LogP contribution in [0.5, 0.6) is 0 Å². The lowest BCUT2D eigenvalue weighted by Crippen LogP contribution is -2.11. The second-order valence-electron chi connectivity index (χ2n) is 1.69. The summed E-state index contributed by atoms with van der Waals surface area (Å²) in [5.41, 5.74) is 2.76. The van der Waals surface area contributed by atoms with E-state index in [9.17, 15) is 0 Å². The van der Waals surface area contributed by atoms with Crippen molar-refractivity contribution in [2.75, 3.05) is 0 Å². The van der Waals surface area contributed by atoms with E-state index in [1.165, 1.54) is 0 Å². The molecule has 0 aromatic carbocycles. The maximum Gasteiger partial charge on any atom is 0.311 e. The topological polar surface area (TPSA) is 38.5 Å². The van der Waals surface area contributed by atoms with Gasteiger partial charge in [0.15, 0.2) is 0 Å². The fourth-order valence-electron chi connectivity index (χ4n) is 0.547. The first-order valence-electron chi connectivity index (χ1n) is 2.71. The highest BCUT2D eigenvalue weighted by Gasteiger charge is 2.13. The Morgan fingerprint density at radius 1 is 1.75 bits per heavy atom. The Morgan fingerprint density at radius 3 is 2.75 bits per heavy atom. The maximum absolute atomic E-state index is 4.06. The van der Waals surface area contributed by atoms with Gasteiger partial charge < -0.3 is 0 Å². The minimum absolute atomic E-state index is 0.891. The second-order valence-corrected chi connectivity index (χ2v) is 1.69. The summed E-state index contributed by atoms with van der Waals surface area (Å²) in [7, 11) is 0. The van der Waals surface area contributed by atoms with Crippen molar-refractivity contribution in [3.8, 4) is 0 Å². The van der Waals surface area contributed by atoms with Crippen molar-refractivity contribution in [2.45, 2.75) is 20.3 Å². The van der Waals surface area contributed by atoms with Crippen molar-refractivity contribution in [1.29, 1.82) is 0 Å². The molecule has 1 aliphatic heterocycles. The van der Waals surface area contributed by atoms with Crippen LogP contribution in [0, 0.1) is 0 Å². The molecule has 0 saturated carbocycles. The molecular weight excluding hydrogens is 102 g/mol. The van der Waals surface area contributed by atoms with Gasteiger partial charge in [-0.05, 0) is 0 Å². The third-order valence-electron chi connectivity index (χ3n) is 0.960. The van der Waals surface area contributed by atoms with Crippen LogP contribution in [0.1, 0.15) is 20.3 Å². The molecule has 0 bridgehead atoms. The molecule has 1 aliphatic rings. The van der Waals surface area contributed by atoms with Crippen LogP contribution in [0.15, 0.2) is 5.10 Å². The molecule has 0 fully saturated rings. The Bertz CT molecular complexity index is 146. The first-order valence-corrected chi connectivity index (χ1v) is 2.71. The van der Waals surface area contributed by atoms with Crippen LogP contribution in [0.25, 0.3) is 0 Å². The van der Waals surface area contributed by atoms with Crippen molar-refractivity contribution in [3.63, 3.8) is 0 Å². The highest BCUT2D eigenvalue weighted by molar-refractivity contribution is 5.97. The van der Waals surface area contributed by atoms with Gasteiger partial charge in [0, 0.05) is 18.4 Å². The molecule has 0 saturated heterocycles. The van der Waals surface area contributed by atoms with E-state index in [2.05, 4.69) is 15.5 Å².